The van der Waals surface area contributed by atoms with Gasteiger partial charge in [0.15, 0.2) is 5.76 Å². The zero-order chi connectivity index (χ0) is 18.7. The number of carbonyl (C=O) groups excluding carboxylic acids is 2. The molecule has 0 fully saturated rings. The molecule has 2 aromatic carbocycles. The van der Waals surface area contributed by atoms with E-state index in [1.807, 2.05) is 30.3 Å². The maximum atomic E-state index is 12.7. The fourth-order valence-electron chi connectivity index (χ4n) is 2.84. The lowest BCUT2D eigenvalue weighted by Crippen LogP contribution is -2.45. The summed E-state index contributed by atoms with van der Waals surface area (Å²) in [6.45, 7) is 1.79. The smallest absolute Gasteiger partial charge is 0.287 e. The molecule has 3 aromatic rings. The highest BCUT2D eigenvalue weighted by Crippen LogP contribution is 2.28. The van der Waals surface area contributed by atoms with Gasteiger partial charge in [0.25, 0.3) is 5.91 Å². The van der Waals surface area contributed by atoms with Gasteiger partial charge in [-0.2, -0.15) is 0 Å². The van der Waals surface area contributed by atoms with Crippen LogP contribution < -0.4 is 15.8 Å². The minimum atomic E-state index is -0.827. The van der Waals surface area contributed by atoms with Crippen molar-refractivity contribution in [1.29, 1.82) is 0 Å². The maximum absolute atomic E-state index is 12.7. The summed E-state index contributed by atoms with van der Waals surface area (Å²) in [6.07, 6.45) is 0.314. The van der Waals surface area contributed by atoms with Crippen LogP contribution in [0.2, 0.25) is 0 Å². The predicted molar refractivity (Wildman–Crippen MR) is 98.1 cm³/mol. The molecule has 0 saturated carbocycles. The summed E-state index contributed by atoms with van der Waals surface area (Å²) >= 11 is 0. The zero-order valence-electron chi connectivity index (χ0n) is 14.6. The first-order valence-electron chi connectivity index (χ1n) is 8.21. The summed E-state index contributed by atoms with van der Waals surface area (Å²) in [4.78, 5) is 24.4. The number of furan rings is 1. The van der Waals surface area contributed by atoms with Crippen molar-refractivity contribution < 1.29 is 18.7 Å². The number of ether oxygens (including phenoxy) is 1. The number of amides is 2. The number of carbonyl (C=O) groups is 2. The van der Waals surface area contributed by atoms with E-state index in [-0.39, 0.29) is 5.76 Å². The molecule has 0 aliphatic heterocycles. The van der Waals surface area contributed by atoms with Crippen LogP contribution in [0.15, 0.2) is 52.9 Å². The van der Waals surface area contributed by atoms with E-state index in [1.54, 1.807) is 32.2 Å². The highest BCUT2D eigenvalue weighted by Gasteiger charge is 2.24. The van der Waals surface area contributed by atoms with Crippen LogP contribution in [0.4, 0.5) is 0 Å². The molecule has 6 heteroatoms. The topological polar surface area (TPSA) is 94.6 Å². The number of hydrogen-bond acceptors (Lipinski definition) is 4. The van der Waals surface area contributed by atoms with Crippen LogP contribution >= 0.6 is 0 Å². The molecule has 0 aliphatic carbocycles. The van der Waals surface area contributed by atoms with Gasteiger partial charge in [0.1, 0.15) is 17.4 Å². The number of nitrogens with one attached hydrogen (secondary N) is 1. The molecular weight excluding hydrogens is 332 g/mol. The second-order valence-electron chi connectivity index (χ2n) is 6.04. The molecule has 0 bridgehead atoms. The van der Waals surface area contributed by atoms with Crippen LogP contribution in [-0.2, 0) is 11.2 Å². The highest BCUT2D eigenvalue weighted by atomic mass is 16.5. The highest BCUT2D eigenvalue weighted by molar-refractivity contribution is 6.01. The van der Waals surface area contributed by atoms with E-state index < -0.39 is 17.9 Å². The van der Waals surface area contributed by atoms with Crippen LogP contribution in [0.5, 0.6) is 5.75 Å². The minimum absolute atomic E-state index is 0.160. The van der Waals surface area contributed by atoms with Crippen molar-refractivity contribution in [3.63, 3.8) is 0 Å². The Kier molecular flexibility index (Phi) is 4.93. The van der Waals surface area contributed by atoms with Crippen molar-refractivity contribution in [3.8, 4) is 5.75 Å². The first-order chi connectivity index (χ1) is 12.5. The number of primary amides is 1. The molecule has 0 spiro atoms. The largest absolute Gasteiger partial charge is 0.497 e. The van der Waals surface area contributed by atoms with Gasteiger partial charge in [-0.3, -0.25) is 9.59 Å². The standard InChI is InChI=1S/C20H20N2O4/c1-12-15-11-14(25-2)8-9-17(15)26-18(12)20(24)22-16(19(21)23)10-13-6-4-3-5-7-13/h3-9,11,16H,10H2,1-2H3,(H2,21,23)(H,22,24). The van der Waals surface area contributed by atoms with Gasteiger partial charge in [0, 0.05) is 17.4 Å². The molecule has 6 nitrogen and oxygen atoms in total. The number of fused-ring (bicyclic) bond motifs is 1. The first-order valence-corrected chi connectivity index (χ1v) is 8.21. The third-order valence-corrected chi connectivity index (χ3v) is 4.28. The lowest BCUT2D eigenvalue weighted by molar-refractivity contribution is -0.119. The molecule has 0 saturated heterocycles. The van der Waals surface area contributed by atoms with Crippen molar-refractivity contribution in [2.24, 2.45) is 5.73 Å². The van der Waals surface area contributed by atoms with Gasteiger partial charge < -0.3 is 20.2 Å². The maximum Gasteiger partial charge on any atom is 0.287 e. The van der Waals surface area contributed by atoms with E-state index in [1.165, 1.54) is 0 Å². The van der Waals surface area contributed by atoms with Gasteiger partial charge in [-0.15, -0.1) is 0 Å². The average molecular weight is 352 g/mol. The van der Waals surface area contributed by atoms with Crippen LogP contribution in [0.3, 0.4) is 0 Å². The van der Waals surface area contributed by atoms with Crippen molar-refractivity contribution in [2.75, 3.05) is 7.11 Å². The molecule has 26 heavy (non-hydrogen) atoms. The number of nitrogens with two attached hydrogens (primary N) is 1. The third kappa shape index (κ3) is 3.54. The van der Waals surface area contributed by atoms with Crippen molar-refractivity contribution in [2.45, 2.75) is 19.4 Å². The van der Waals surface area contributed by atoms with E-state index in [0.29, 0.717) is 23.3 Å². The fraction of sp³-hybridized carbons (Fsp3) is 0.200. The molecule has 134 valence electrons. The van der Waals surface area contributed by atoms with Crippen molar-refractivity contribution in [1.82, 2.24) is 5.32 Å². The molecule has 1 unspecified atom stereocenters. The number of methoxy groups -OCH3 is 1. The predicted octanol–water partition coefficient (Wildman–Crippen LogP) is 2.58. The second kappa shape index (κ2) is 7.31. The monoisotopic (exact) mass is 352 g/mol. The Bertz CT molecular complexity index is 947. The Morgan fingerprint density at radius 2 is 1.92 bits per heavy atom. The molecule has 0 radical (unpaired) electrons. The van der Waals surface area contributed by atoms with Crippen LogP contribution in [0.25, 0.3) is 11.0 Å². The minimum Gasteiger partial charge on any atom is -0.497 e. The number of hydrogen-bond donors (Lipinski definition) is 2. The van der Waals surface area contributed by atoms with Gasteiger partial charge in [-0.25, -0.2) is 0 Å². The van der Waals surface area contributed by atoms with Gasteiger partial charge >= 0.3 is 0 Å². The van der Waals surface area contributed by atoms with Crippen molar-refractivity contribution >= 4 is 22.8 Å². The van der Waals surface area contributed by atoms with E-state index >= 15 is 0 Å². The summed E-state index contributed by atoms with van der Waals surface area (Å²) in [6, 6.07) is 13.8. The zero-order valence-corrected chi connectivity index (χ0v) is 14.6. The number of rotatable bonds is 6. The Morgan fingerprint density at radius 1 is 1.19 bits per heavy atom. The van der Waals surface area contributed by atoms with Crippen LogP contribution in [0.1, 0.15) is 21.7 Å². The summed E-state index contributed by atoms with van der Waals surface area (Å²) in [5, 5.41) is 3.46. The Balaban J connectivity index is 1.84. The van der Waals surface area contributed by atoms with E-state index in [2.05, 4.69) is 5.32 Å². The van der Waals surface area contributed by atoms with Crippen LogP contribution in [-0.4, -0.2) is 25.0 Å². The molecule has 1 heterocycles. The number of benzene rings is 2. The molecule has 3 N–H and O–H groups in total. The Morgan fingerprint density at radius 3 is 2.58 bits per heavy atom. The number of aryl methyl sites for hydroxylation is 1. The summed E-state index contributed by atoms with van der Waals surface area (Å²) in [5.41, 5.74) is 7.62. The molecular formula is C20H20N2O4. The summed E-state index contributed by atoms with van der Waals surface area (Å²) in [7, 11) is 1.57. The van der Waals surface area contributed by atoms with Crippen molar-refractivity contribution in [3.05, 3.63) is 65.4 Å². The molecule has 1 atom stereocenters. The van der Waals surface area contributed by atoms with Gasteiger partial charge in [0.05, 0.1) is 7.11 Å². The quantitative estimate of drug-likeness (QED) is 0.713. The Hall–Kier alpha value is -3.28. The lowest BCUT2D eigenvalue weighted by atomic mass is 10.1. The fourth-order valence-corrected chi connectivity index (χ4v) is 2.84. The lowest BCUT2D eigenvalue weighted by Gasteiger charge is -2.15. The van der Waals surface area contributed by atoms with Gasteiger partial charge in [-0.1, -0.05) is 30.3 Å². The SMILES string of the molecule is COc1ccc2oc(C(=O)NC(Cc3ccccc3)C(N)=O)c(C)c2c1. The van der Waals surface area contributed by atoms with E-state index in [9.17, 15) is 9.59 Å². The normalized spacial score (nSPS) is 11.9. The summed E-state index contributed by atoms with van der Waals surface area (Å²) < 4.78 is 10.9. The van der Waals surface area contributed by atoms with E-state index in [0.717, 1.165) is 10.9 Å². The van der Waals surface area contributed by atoms with E-state index in [4.69, 9.17) is 14.9 Å². The average Bonchev–Trinajstić information content (AvgIpc) is 2.98. The molecule has 0 aliphatic rings. The van der Waals surface area contributed by atoms with Gasteiger partial charge in [-0.05, 0) is 30.7 Å². The molecule has 1 aromatic heterocycles. The molecule has 2 amide bonds. The third-order valence-electron chi connectivity index (χ3n) is 4.28. The van der Waals surface area contributed by atoms with Crippen LogP contribution in [0, 0.1) is 6.92 Å². The second-order valence-corrected chi connectivity index (χ2v) is 6.04. The van der Waals surface area contributed by atoms with Gasteiger partial charge in [0.2, 0.25) is 5.91 Å². The summed E-state index contributed by atoms with van der Waals surface area (Å²) in [5.74, 6) is -0.241. The first kappa shape index (κ1) is 17.5. The molecule has 3 rings (SSSR count). The Labute approximate surface area is 150 Å².